The van der Waals surface area contributed by atoms with Gasteiger partial charge in [-0.05, 0) is 24.6 Å². The number of anilines is 2. The first-order valence-corrected chi connectivity index (χ1v) is 6.53. The maximum absolute atomic E-state index is 12.2. The van der Waals surface area contributed by atoms with E-state index in [1.54, 1.807) is 22.7 Å². The lowest BCUT2D eigenvalue weighted by atomic mass is 10.2. The van der Waals surface area contributed by atoms with Crippen molar-refractivity contribution in [1.82, 2.24) is 0 Å². The van der Waals surface area contributed by atoms with Gasteiger partial charge in [0.2, 0.25) is 5.91 Å². The highest BCUT2D eigenvalue weighted by molar-refractivity contribution is 8.01. The molecule has 3 nitrogen and oxygen atoms in total. The fraction of sp³-hybridized carbons (Fsp3) is 0.308. The summed E-state index contributed by atoms with van der Waals surface area (Å²) in [6, 6.07) is 5.67. The second-order valence-electron chi connectivity index (χ2n) is 3.98. The maximum atomic E-state index is 12.2. The third kappa shape index (κ3) is 2.17. The van der Waals surface area contributed by atoms with Gasteiger partial charge in [-0.1, -0.05) is 13.0 Å². The van der Waals surface area contributed by atoms with Crippen molar-refractivity contribution in [2.75, 3.05) is 17.2 Å². The van der Waals surface area contributed by atoms with E-state index in [-0.39, 0.29) is 11.2 Å². The summed E-state index contributed by atoms with van der Waals surface area (Å²) in [4.78, 5) is 15.1. The van der Waals surface area contributed by atoms with Crippen LogP contribution in [0.1, 0.15) is 13.3 Å². The summed E-state index contributed by atoms with van der Waals surface area (Å²) in [6.45, 7) is 6.28. The van der Waals surface area contributed by atoms with Crippen LogP contribution < -0.4 is 10.6 Å². The van der Waals surface area contributed by atoms with Crippen molar-refractivity contribution in [1.29, 1.82) is 0 Å². The van der Waals surface area contributed by atoms with Gasteiger partial charge < -0.3 is 10.6 Å². The van der Waals surface area contributed by atoms with Gasteiger partial charge in [0.15, 0.2) is 0 Å². The topological polar surface area (TPSA) is 46.3 Å². The van der Waals surface area contributed by atoms with Crippen LogP contribution in [0.5, 0.6) is 0 Å². The van der Waals surface area contributed by atoms with Gasteiger partial charge in [-0.25, -0.2) is 0 Å². The number of nitrogens with zero attached hydrogens (tertiary/aromatic N) is 1. The fourth-order valence-corrected chi connectivity index (χ4v) is 3.12. The average Bonchev–Trinajstić information content (AvgIpc) is 2.32. The largest absolute Gasteiger partial charge is 0.399 e. The minimum absolute atomic E-state index is 0.00995. The highest BCUT2D eigenvalue weighted by Gasteiger charge is 2.31. The number of carbonyl (C=O) groups is 1. The van der Waals surface area contributed by atoms with Gasteiger partial charge in [-0.2, -0.15) is 0 Å². The number of thioether (sulfide) groups is 1. The van der Waals surface area contributed by atoms with E-state index in [4.69, 9.17) is 5.73 Å². The van der Waals surface area contributed by atoms with Crippen molar-refractivity contribution < 1.29 is 4.79 Å². The van der Waals surface area contributed by atoms with Crippen LogP contribution in [0.2, 0.25) is 0 Å². The van der Waals surface area contributed by atoms with Crippen molar-refractivity contribution in [3.05, 3.63) is 30.9 Å². The summed E-state index contributed by atoms with van der Waals surface area (Å²) in [6.07, 6.45) is 2.58. The molecule has 0 saturated carbocycles. The summed E-state index contributed by atoms with van der Waals surface area (Å²) in [5.41, 5.74) is 7.46. The van der Waals surface area contributed by atoms with Crippen LogP contribution in [-0.4, -0.2) is 17.7 Å². The zero-order valence-corrected chi connectivity index (χ0v) is 10.7. The van der Waals surface area contributed by atoms with E-state index in [9.17, 15) is 4.79 Å². The molecule has 1 unspecified atom stereocenters. The van der Waals surface area contributed by atoms with E-state index in [2.05, 4.69) is 6.58 Å². The van der Waals surface area contributed by atoms with Crippen molar-refractivity contribution in [2.24, 2.45) is 0 Å². The number of nitrogens with two attached hydrogens (primary N) is 1. The van der Waals surface area contributed by atoms with E-state index >= 15 is 0 Å². The van der Waals surface area contributed by atoms with Gasteiger partial charge in [-0.3, -0.25) is 4.79 Å². The molecule has 1 heterocycles. The van der Waals surface area contributed by atoms with Crippen LogP contribution in [0.3, 0.4) is 0 Å². The highest BCUT2D eigenvalue weighted by atomic mass is 32.2. The minimum Gasteiger partial charge on any atom is -0.399 e. The molecule has 0 fully saturated rings. The Morgan fingerprint density at radius 2 is 2.35 bits per heavy atom. The Hall–Kier alpha value is -1.42. The van der Waals surface area contributed by atoms with Gasteiger partial charge in [0.1, 0.15) is 0 Å². The number of hydrogen-bond acceptors (Lipinski definition) is 3. The molecule has 0 bridgehead atoms. The quantitative estimate of drug-likeness (QED) is 0.661. The molecule has 1 amide bonds. The fourth-order valence-electron chi connectivity index (χ4n) is 1.92. The van der Waals surface area contributed by atoms with E-state index in [0.29, 0.717) is 6.54 Å². The van der Waals surface area contributed by atoms with Gasteiger partial charge in [0.25, 0.3) is 0 Å². The van der Waals surface area contributed by atoms with Crippen LogP contribution in [0.15, 0.2) is 35.7 Å². The van der Waals surface area contributed by atoms with Crippen LogP contribution >= 0.6 is 11.8 Å². The van der Waals surface area contributed by atoms with Crippen LogP contribution in [0.25, 0.3) is 0 Å². The standard InChI is InChI=1S/C13H16N2OS/c1-3-7-15-10-6-5-9(14)8-12(10)17-11(4-2)13(15)16/h3,5-6,8,11H,1,4,7,14H2,2H3. The van der Waals surface area contributed by atoms with E-state index < -0.39 is 0 Å². The molecule has 1 aromatic rings. The number of hydrogen-bond donors (Lipinski definition) is 1. The molecule has 17 heavy (non-hydrogen) atoms. The first-order chi connectivity index (χ1) is 8.17. The molecule has 2 rings (SSSR count). The molecule has 1 aliphatic heterocycles. The van der Waals surface area contributed by atoms with Crippen LogP contribution in [-0.2, 0) is 4.79 Å². The van der Waals surface area contributed by atoms with E-state index in [1.807, 2.05) is 25.1 Å². The molecule has 0 aromatic heterocycles. The van der Waals surface area contributed by atoms with Gasteiger partial charge in [0.05, 0.1) is 10.9 Å². The van der Waals surface area contributed by atoms with Gasteiger partial charge in [0, 0.05) is 17.1 Å². The van der Waals surface area contributed by atoms with Crippen LogP contribution in [0.4, 0.5) is 11.4 Å². The Kier molecular flexibility index (Phi) is 3.43. The molecular formula is C13H16N2OS. The Morgan fingerprint density at radius 3 is 3.00 bits per heavy atom. The summed E-state index contributed by atoms with van der Waals surface area (Å²) in [5.74, 6) is 0.162. The Bertz CT molecular complexity index is 459. The maximum Gasteiger partial charge on any atom is 0.240 e. The van der Waals surface area contributed by atoms with Gasteiger partial charge >= 0.3 is 0 Å². The number of rotatable bonds is 3. The summed E-state index contributed by atoms with van der Waals surface area (Å²) in [7, 11) is 0. The smallest absolute Gasteiger partial charge is 0.240 e. The number of carbonyl (C=O) groups excluding carboxylic acids is 1. The van der Waals surface area contributed by atoms with E-state index in [1.165, 1.54) is 0 Å². The first kappa shape index (κ1) is 12.0. The Balaban J connectivity index is 2.45. The van der Waals surface area contributed by atoms with Crippen molar-refractivity contribution in [3.8, 4) is 0 Å². The molecule has 1 atom stereocenters. The predicted octanol–water partition coefficient (Wildman–Crippen LogP) is 2.67. The Labute approximate surface area is 106 Å². The molecule has 0 radical (unpaired) electrons. The monoisotopic (exact) mass is 248 g/mol. The lowest BCUT2D eigenvalue weighted by Crippen LogP contribution is -2.40. The third-order valence-corrected chi connectivity index (χ3v) is 4.17. The molecule has 90 valence electrons. The lowest BCUT2D eigenvalue weighted by molar-refractivity contribution is -0.118. The highest BCUT2D eigenvalue weighted by Crippen LogP contribution is 2.41. The molecule has 0 spiro atoms. The zero-order chi connectivity index (χ0) is 12.4. The van der Waals surface area contributed by atoms with Crippen molar-refractivity contribution in [3.63, 3.8) is 0 Å². The second-order valence-corrected chi connectivity index (χ2v) is 5.22. The van der Waals surface area contributed by atoms with Gasteiger partial charge in [-0.15, -0.1) is 18.3 Å². The zero-order valence-electron chi connectivity index (χ0n) is 9.85. The molecular weight excluding hydrogens is 232 g/mol. The van der Waals surface area contributed by atoms with Crippen molar-refractivity contribution in [2.45, 2.75) is 23.5 Å². The van der Waals surface area contributed by atoms with Crippen molar-refractivity contribution >= 4 is 29.0 Å². The molecule has 1 aliphatic rings. The normalized spacial score (nSPS) is 19.0. The lowest BCUT2D eigenvalue weighted by Gasteiger charge is -2.32. The summed E-state index contributed by atoms with van der Waals surface area (Å²) in [5, 5.41) is -0.00995. The number of amides is 1. The van der Waals surface area contributed by atoms with E-state index in [0.717, 1.165) is 22.7 Å². The second kappa shape index (κ2) is 4.84. The Morgan fingerprint density at radius 1 is 1.59 bits per heavy atom. The molecule has 1 aromatic carbocycles. The average molecular weight is 248 g/mol. The SMILES string of the molecule is C=CCN1C(=O)C(CC)Sc2cc(N)ccc21. The summed E-state index contributed by atoms with van der Waals surface area (Å²) < 4.78 is 0. The molecule has 4 heteroatoms. The molecule has 2 N–H and O–H groups in total. The summed E-state index contributed by atoms with van der Waals surface area (Å²) >= 11 is 1.60. The molecule has 0 aliphatic carbocycles. The number of nitrogen functional groups attached to an aromatic ring is 1. The molecule has 0 saturated heterocycles. The first-order valence-electron chi connectivity index (χ1n) is 5.65. The predicted molar refractivity (Wildman–Crippen MR) is 73.3 cm³/mol. The van der Waals surface area contributed by atoms with Crippen LogP contribution in [0, 0.1) is 0 Å². The number of fused-ring (bicyclic) bond motifs is 1. The third-order valence-electron chi connectivity index (χ3n) is 2.77. The minimum atomic E-state index is -0.00995. The number of benzene rings is 1.